The first-order valence-corrected chi connectivity index (χ1v) is 6.74. The molecule has 0 aliphatic carbocycles. The highest BCUT2D eigenvalue weighted by atomic mass is 32.1. The maximum atomic E-state index is 9.87. The Labute approximate surface area is 123 Å². The van der Waals surface area contributed by atoms with Crippen LogP contribution < -0.4 is 15.3 Å². The number of ether oxygens (including phenoxy) is 1. The van der Waals surface area contributed by atoms with Crippen molar-refractivity contribution in [1.29, 1.82) is 5.53 Å². The number of aromatic nitrogens is 1. The Morgan fingerprint density at radius 3 is 2.81 bits per heavy atom. The van der Waals surface area contributed by atoms with Gasteiger partial charge in [-0.2, -0.15) is 0 Å². The Morgan fingerprint density at radius 1 is 1.43 bits per heavy atom. The number of hydrogen-bond acceptors (Lipinski definition) is 9. The van der Waals surface area contributed by atoms with Gasteiger partial charge in [0.1, 0.15) is 11.4 Å². The maximum absolute atomic E-state index is 9.87. The second-order valence-electron chi connectivity index (χ2n) is 4.01. The number of aliphatic hydroxyl groups is 1. The van der Waals surface area contributed by atoms with E-state index in [0.717, 1.165) is 11.4 Å². The highest BCUT2D eigenvalue weighted by Gasteiger charge is 2.29. The molecule has 9 heteroatoms. The maximum Gasteiger partial charge on any atom is 0.327 e. The van der Waals surface area contributed by atoms with Gasteiger partial charge >= 0.3 is 5.95 Å². The Balaban J connectivity index is 1.96. The standard InChI is InChI=1S/C12H11N5O3S/c1-19-8-4-2-7(3-5-8)17-10(11(18)20-16-17)9-6-21-12(14-9)15-13/h2-6,13,16,18H,1H3. The largest absolute Gasteiger partial charge is 0.497 e. The monoisotopic (exact) mass is 305 g/mol. The van der Waals surface area contributed by atoms with Crippen molar-refractivity contribution < 1.29 is 14.7 Å². The molecule has 3 rings (SSSR count). The smallest absolute Gasteiger partial charge is 0.327 e. The lowest BCUT2D eigenvalue weighted by molar-refractivity contribution is 0.0461. The van der Waals surface area contributed by atoms with Gasteiger partial charge in [-0.15, -0.1) is 16.5 Å². The van der Waals surface area contributed by atoms with Gasteiger partial charge in [0, 0.05) is 5.38 Å². The second-order valence-corrected chi connectivity index (χ2v) is 4.84. The lowest BCUT2D eigenvalue weighted by atomic mass is 10.2. The van der Waals surface area contributed by atoms with Crippen LogP contribution in [-0.4, -0.2) is 17.2 Å². The SMILES string of the molecule is COc1ccc(N2NOC(O)=C2c2csc(N=N)n2)cc1. The van der Waals surface area contributed by atoms with Gasteiger partial charge in [0.2, 0.25) is 5.13 Å². The number of anilines is 1. The van der Waals surface area contributed by atoms with Crippen molar-refractivity contribution in [2.24, 2.45) is 5.11 Å². The molecule has 0 unspecified atom stereocenters. The fourth-order valence-corrected chi connectivity index (χ4v) is 2.43. The van der Waals surface area contributed by atoms with Crippen molar-refractivity contribution in [1.82, 2.24) is 10.6 Å². The van der Waals surface area contributed by atoms with Crippen LogP contribution in [0, 0.1) is 5.53 Å². The van der Waals surface area contributed by atoms with Crippen LogP contribution in [0.1, 0.15) is 5.69 Å². The number of thiazole rings is 1. The van der Waals surface area contributed by atoms with Gasteiger partial charge in [-0.1, -0.05) is 5.59 Å². The molecule has 1 aromatic carbocycles. The van der Waals surface area contributed by atoms with E-state index in [-0.39, 0.29) is 5.95 Å². The molecular weight excluding hydrogens is 294 g/mol. The van der Waals surface area contributed by atoms with Crippen LogP contribution in [0.2, 0.25) is 0 Å². The molecule has 3 N–H and O–H groups in total. The summed E-state index contributed by atoms with van der Waals surface area (Å²) in [4.78, 5) is 9.08. The van der Waals surface area contributed by atoms with E-state index in [1.54, 1.807) is 36.8 Å². The summed E-state index contributed by atoms with van der Waals surface area (Å²) in [6.07, 6.45) is 0. The zero-order valence-corrected chi connectivity index (χ0v) is 11.7. The third-order valence-electron chi connectivity index (χ3n) is 2.82. The minimum Gasteiger partial charge on any atom is -0.497 e. The number of hydrogen-bond donors (Lipinski definition) is 3. The van der Waals surface area contributed by atoms with Crippen molar-refractivity contribution in [3.8, 4) is 5.75 Å². The number of methoxy groups -OCH3 is 1. The number of nitrogens with one attached hydrogen (secondary N) is 2. The third kappa shape index (κ3) is 2.39. The van der Waals surface area contributed by atoms with Crippen molar-refractivity contribution in [3.05, 3.63) is 41.3 Å². The highest BCUT2D eigenvalue weighted by molar-refractivity contribution is 7.13. The van der Waals surface area contributed by atoms with E-state index in [0.29, 0.717) is 16.5 Å². The predicted molar refractivity (Wildman–Crippen MR) is 76.2 cm³/mol. The molecule has 0 bridgehead atoms. The molecule has 2 aromatic rings. The van der Waals surface area contributed by atoms with Gasteiger partial charge in [-0.3, -0.25) is 0 Å². The normalized spacial score (nSPS) is 14.2. The zero-order valence-electron chi connectivity index (χ0n) is 10.9. The summed E-state index contributed by atoms with van der Waals surface area (Å²) in [5, 5.41) is 16.7. The van der Waals surface area contributed by atoms with Gasteiger partial charge in [0.25, 0.3) is 0 Å². The van der Waals surface area contributed by atoms with Crippen LogP contribution in [0.3, 0.4) is 0 Å². The van der Waals surface area contributed by atoms with E-state index in [4.69, 9.17) is 15.1 Å². The van der Waals surface area contributed by atoms with Crippen LogP contribution >= 0.6 is 11.3 Å². The Bertz CT molecular complexity index is 697. The molecule has 1 aromatic heterocycles. The van der Waals surface area contributed by atoms with E-state index in [1.165, 1.54) is 16.3 Å². The summed E-state index contributed by atoms with van der Waals surface area (Å²) in [6, 6.07) is 7.18. The topological polar surface area (TPSA) is 103 Å². The summed E-state index contributed by atoms with van der Waals surface area (Å²) in [5.41, 5.74) is 11.1. The summed E-state index contributed by atoms with van der Waals surface area (Å²) < 4.78 is 5.11. The van der Waals surface area contributed by atoms with E-state index in [1.807, 2.05) is 0 Å². The molecule has 0 saturated carbocycles. The van der Waals surface area contributed by atoms with E-state index in [9.17, 15) is 5.11 Å². The number of hydrazine groups is 1. The molecule has 21 heavy (non-hydrogen) atoms. The zero-order chi connectivity index (χ0) is 14.8. The Morgan fingerprint density at radius 2 is 2.19 bits per heavy atom. The van der Waals surface area contributed by atoms with Gasteiger partial charge in [0.05, 0.1) is 12.8 Å². The van der Waals surface area contributed by atoms with Crippen LogP contribution in [0.25, 0.3) is 5.70 Å². The number of nitrogens with zero attached hydrogens (tertiary/aromatic N) is 3. The predicted octanol–water partition coefficient (Wildman–Crippen LogP) is 2.95. The van der Waals surface area contributed by atoms with Crippen molar-refractivity contribution >= 4 is 27.9 Å². The molecule has 0 fully saturated rings. The first-order chi connectivity index (χ1) is 10.2. The fourth-order valence-electron chi connectivity index (χ4n) is 1.84. The Hall–Kier alpha value is -2.65. The average Bonchev–Trinajstić information content (AvgIpc) is 3.13. The number of benzene rings is 1. The number of rotatable bonds is 4. The number of aliphatic hydroxyl groups excluding tert-OH is 1. The summed E-state index contributed by atoms with van der Waals surface area (Å²) in [5.74, 6) is 0.421. The summed E-state index contributed by atoms with van der Waals surface area (Å²) in [6.45, 7) is 0. The molecule has 108 valence electrons. The van der Waals surface area contributed by atoms with Gasteiger partial charge < -0.3 is 14.7 Å². The molecular formula is C12H11N5O3S. The second kappa shape index (κ2) is 5.38. The lowest BCUT2D eigenvalue weighted by Gasteiger charge is -2.17. The van der Waals surface area contributed by atoms with Gasteiger partial charge in [-0.25, -0.2) is 15.5 Å². The highest BCUT2D eigenvalue weighted by Crippen LogP contribution is 2.33. The Kier molecular flexibility index (Phi) is 3.42. The van der Waals surface area contributed by atoms with Crippen molar-refractivity contribution in [2.45, 2.75) is 0 Å². The molecule has 0 amide bonds. The third-order valence-corrected chi connectivity index (χ3v) is 3.56. The van der Waals surface area contributed by atoms with Crippen molar-refractivity contribution in [2.75, 3.05) is 12.1 Å². The van der Waals surface area contributed by atoms with Gasteiger partial charge in [0.15, 0.2) is 5.70 Å². The molecule has 2 heterocycles. The first kappa shape index (κ1) is 13.3. The van der Waals surface area contributed by atoms with Crippen LogP contribution in [-0.2, 0) is 4.84 Å². The van der Waals surface area contributed by atoms with E-state index < -0.39 is 0 Å². The lowest BCUT2D eigenvalue weighted by Crippen LogP contribution is -2.30. The average molecular weight is 305 g/mol. The molecule has 0 radical (unpaired) electrons. The minimum atomic E-state index is -0.298. The molecule has 1 aliphatic heterocycles. The molecule has 0 atom stereocenters. The molecule has 1 aliphatic rings. The van der Waals surface area contributed by atoms with Crippen LogP contribution in [0.15, 0.2) is 40.7 Å². The van der Waals surface area contributed by atoms with Crippen molar-refractivity contribution in [3.63, 3.8) is 0 Å². The van der Waals surface area contributed by atoms with Crippen LogP contribution in [0.4, 0.5) is 10.8 Å². The molecule has 8 nitrogen and oxygen atoms in total. The van der Waals surface area contributed by atoms with Gasteiger partial charge in [-0.05, 0) is 24.3 Å². The fraction of sp³-hybridized carbons (Fsp3) is 0.0833. The van der Waals surface area contributed by atoms with E-state index in [2.05, 4.69) is 15.7 Å². The van der Waals surface area contributed by atoms with Crippen LogP contribution in [0.5, 0.6) is 5.75 Å². The summed E-state index contributed by atoms with van der Waals surface area (Å²) in [7, 11) is 1.59. The molecule has 0 spiro atoms. The van der Waals surface area contributed by atoms with E-state index >= 15 is 0 Å². The quantitative estimate of drug-likeness (QED) is 0.750. The summed E-state index contributed by atoms with van der Waals surface area (Å²) >= 11 is 1.20. The minimum absolute atomic E-state index is 0.298. The molecule has 0 saturated heterocycles. The first-order valence-electron chi connectivity index (χ1n) is 5.86.